The molecule has 36 heavy (non-hydrogen) atoms. The molecule has 3 nitrogen and oxygen atoms in total. The van der Waals surface area contributed by atoms with Crippen LogP contribution in [0.4, 0.5) is 17.3 Å². The summed E-state index contributed by atoms with van der Waals surface area (Å²) in [5.41, 5.74) is 10.9. The van der Waals surface area contributed by atoms with E-state index in [9.17, 15) is 0 Å². The van der Waals surface area contributed by atoms with Gasteiger partial charge >= 0.3 is 0 Å². The van der Waals surface area contributed by atoms with Crippen LogP contribution in [0.5, 0.6) is 0 Å². The van der Waals surface area contributed by atoms with Crippen LogP contribution in [0.1, 0.15) is 0 Å². The molecule has 0 amide bonds. The Morgan fingerprint density at radius 1 is 0.556 bits per heavy atom. The second kappa shape index (κ2) is 6.49. The molecule has 9 rings (SSSR count). The van der Waals surface area contributed by atoms with Crippen molar-refractivity contribution < 1.29 is 4.42 Å². The van der Waals surface area contributed by atoms with Crippen molar-refractivity contribution >= 4 is 73.1 Å². The van der Waals surface area contributed by atoms with Crippen LogP contribution in [-0.2, 0) is 0 Å². The van der Waals surface area contributed by atoms with Crippen LogP contribution in [0.3, 0.4) is 0 Å². The van der Waals surface area contributed by atoms with E-state index in [0.717, 1.165) is 17.2 Å². The first-order valence-corrected chi connectivity index (χ1v) is 12.4. The molecule has 0 radical (unpaired) electrons. The molecule has 0 spiro atoms. The minimum atomic E-state index is 0.0929. The molecule has 0 atom stereocenters. The third-order valence-corrected chi connectivity index (χ3v) is 7.99. The van der Waals surface area contributed by atoms with Crippen molar-refractivity contribution in [2.45, 2.75) is 0 Å². The standard InChI is InChI=1S/C32H19BN2O/c1-2-10-20(11-3-1)34-26-17-9-18-27-30(26)33(29-23-13-5-7-19-28(23)36-32(29)34)24-15-8-14-22-21-12-4-6-16-25(21)35(27)31(22)24/h1-19H. The van der Waals surface area contributed by atoms with Gasteiger partial charge in [-0.2, -0.15) is 0 Å². The molecule has 0 bridgehead atoms. The third-order valence-electron chi connectivity index (χ3n) is 7.99. The Balaban J connectivity index is 1.52. The number of rotatable bonds is 1. The normalized spacial score (nSPS) is 13.4. The van der Waals surface area contributed by atoms with Gasteiger partial charge in [-0.05, 0) is 47.3 Å². The molecule has 2 aliphatic rings. The van der Waals surface area contributed by atoms with Gasteiger partial charge in [-0.15, -0.1) is 0 Å². The molecule has 5 aromatic carbocycles. The summed E-state index contributed by atoms with van der Waals surface area (Å²) in [6, 6.07) is 41.3. The Kier molecular flexibility index (Phi) is 3.36. The number of nitrogens with zero attached hydrogens (tertiary/aromatic N) is 2. The summed E-state index contributed by atoms with van der Waals surface area (Å²) in [5.74, 6) is 0.915. The summed E-state index contributed by atoms with van der Waals surface area (Å²) in [5, 5.41) is 3.78. The van der Waals surface area contributed by atoms with Crippen LogP contribution >= 0.6 is 0 Å². The Hall–Kier alpha value is -4.70. The zero-order valence-corrected chi connectivity index (χ0v) is 19.3. The zero-order valence-electron chi connectivity index (χ0n) is 19.3. The maximum Gasteiger partial charge on any atom is 0.257 e. The Morgan fingerprint density at radius 3 is 2.19 bits per heavy atom. The SMILES string of the molecule is c1ccc(N2c3cccc4c3B(c3c2oc2ccccc32)c2cccc3c5ccccc5n-4c23)cc1. The van der Waals surface area contributed by atoms with Crippen molar-refractivity contribution in [1.29, 1.82) is 0 Å². The van der Waals surface area contributed by atoms with Gasteiger partial charge in [-0.25, -0.2) is 0 Å². The summed E-state index contributed by atoms with van der Waals surface area (Å²) in [6.45, 7) is 0.0929. The van der Waals surface area contributed by atoms with E-state index < -0.39 is 0 Å². The van der Waals surface area contributed by atoms with Gasteiger partial charge in [0.2, 0.25) is 5.88 Å². The molecule has 4 heterocycles. The molecule has 0 saturated heterocycles. The van der Waals surface area contributed by atoms with Crippen LogP contribution in [0.25, 0.3) is 38.5 Å². The number of hydrogen-bond acceptors (Lipinski definition) is 2. The fourth-order valence-corrected chi connectivity index (χ4v) is 6.65. The lowest BCUT2D eigenvalue weighted by Gasteiger charge is -2.37. The van der Waals surface area contributed by atoms with Gasteiger partial charge in [0.1, 0.15) is 5.58 Å². The van der Waals surface area contributed by atoms with Gasteiger partial charge in [-0.1, -0.05) is 78.9 Å². The van der Waals surface area contributed by atoms with Crippen molar-refractivity contribution in [2.75, 3.05) is 4.90 Å². The molecule has 0 saturated carbocycles. The molecular weight excluding hydrogens is 439 g/mol. The van der Waals surface area contributed by atoms with E-state index in [1.807, 2.05) is 0 Å². The average Bonchev–Trinajstić information content (AvgIpc) is 3.48. The number of aromatic nitrogens is 1. The van der Waals surface area contributed by atoms with Crippen LogP contribution < -0.4 is 21.3 Å². The molecule has 0 N–H and O–H groups in total. The van der Waals surface area contributed by atoms with Crippen LogP contribution in [0, 0.1) is 0 Å². The number of hydrogen-bond donors (Lipinski definition) is 0. The molecule has 4 heteroatoms. The highest BCUT2D eigenvalue weighted by Gasteiger charge is 2.44. The van der Waals surface area contributed by atoms with E-state index in [-0.39, 0.29) is 6.71 Å². The second-order valence-corrected chi connectivity index (χ2v) is 9.73. The number of para-hydroxylation sites is 4. The summed E-state index contributed by atoms with van der Waals surface area (Å²) < 4.78 is 9.15. The lowest BCUT2D eigenvalue weighted by atomic mass is 9.34. The van der Waals surface area contributed by atoms with Gasteiger partial charge < -0.3 is 8.98 Å². The fourth-order valence-electron chi connectivity index (χ4n) is 6.65. The number of fused-ring (bicyclic) bond motifs is 9. The molecular formula is C32H19BN2O. The monoisotopic (exact) mass is 458 g/mol. The van der Waals surface area contributed by atoms with E-state index in [0.29, 0.717) is 0 Å². The molecule has 166 valence electrons. The number of furan rings is 1. The smallest absolute Gasteiger partial charge is 0.257 e. The van der Waals surface area contributed by atoms with E-state index in [1.165, 1.54) is 55.0 Å². The van der Waals surface area contributed by atoms with Gasteiger partial charge in [-0.3, -0.25) is 4.90 Å². The molecule has 0 aliphatic carbocycles. The Morgan fingerprint density at radius 2 is 1.28 bits per heavy atom. The highest BCUT2D eigenvalue weighted by Crippen LogP contribution is 2.43. The van der Waals surface area contributed by atoms with Crippen molar-refractivity contribution in [3.63, 3.8) is 0 Å². The zero-order chi connectivity index (χ0) is 23.4. The maximum absolute atomic E-state index is 6.67. The first-order valence-electron chi connectivity index (χ1n) is 12.4. The van der Waals surface area contributed by atoms with E-state index in [1.54, 1.807) is 0 Å². The van der Waals surface area contributed by atoms with Gasteiger partial charge in [0.15, 0.2) is 0 Å². The third kappa shape index (κ3) is 2.12. The van der Waals surface area contributed by atoms with Crippen LogP contribution in [0.2, 0.25) is 0 Å². The first-order chi connectivity index (χ1) is 17.9. The van der Waals surface area contributed by atoms with E-state index in [4.69, 9.17) is 4.42 Å². The lowest BCUT2D eigenvalue weighted by molar-refractivity contribution is 0.622. The molecule has 0 unspecified atom stereocenters. The molecule has 7 aromatic rings. The number of anilines is 3. The minimum absolute atomic E-state index is 0.0929. The van der Waals surface area contributed by atoms with Crippen LogP contribution in [-0.4, -0.2) is 11.3 Å². The van der Waals surface area contributed by atoms with Crippen molar-refractivity contribution in [3.05, 3.63) is 115 Å². The number of benzene rings is 5. The van der Waals surface area contributed by atoms with Gasteiger partial charge in [0, 0.05) is 44.2 Å². The molecule has 0 fully saturated rings. The van der Waals surface area contributed by atoms with Gasteiger partial charge in [0.25, 0.3) is 6.71 Å². The highest BCUT2D eigenvalue weighted by molar-refractivity contribution is 7.01. The first kappa shape index (κ1) is 18.6. The summed E-state index contributed by atoms with van der Waals surface area (Å²) in [4.78, 5) is 2.31. The van der Waals surface area contributed by atoms with Crippen molar-refractivity contribution in [3.8, 4) is 5.69 Å². The fraction of sp³-hybridized carbons (Fsp3) is 0. The van der Waals surface area contributed by atoms with Gasteiger partial charge in [0.05, 0.1) is 5.52 Å². The van der Waals surface area contributed by atoms with Crippen molar-refractivity contribution in [1.82, 2.24) is 4.57 Å². The quantitative estimate of drug-likeness (QED) is 0.276. The summed E-state index contributed by atoms with van der Waals surface area (Å²) >= 11 is 0. The lowest BCUT2D eigenvalue weighted by Crippen LogP contribution is -2.60. The highest BCUT2D eigenvalue weighted by atomic mass is 16.4. The summed E-state index contributed by atoms with van der Waals surface area (Å²) in [7, 11) is 0. The Labute approximate surface area is 207 Å². The topological polar surface area (TPSA) is 21.3 Å². The van der Waals surface area contributed by atoms with E-state index in [2.05, 4.69) is 125 Å². The average molecular weight is 458 g/mol. The maximum atomic E-state index is 6.67. The minimum Gasteiger partial charge on any atom is -0.440 e. The second-order valence-electron chi connectivity index (χ2n) is 9.73. The van der Waals surface area contributed by atoms with E-state index >= 15 is 0 Å². The van der Waals surface area contributed by atoms with Crippen LogP contribution in [0.15, 0.2) is 120 Å². The largest absolute Gasteiger partial charge is 0.440 e. The molecule has 2 aromatic heterocycles. The predicted octanol–water partition coefficient (Wildman–Crippen LogP) is 6.14. The molecule has 2 aliphatic heterocycles. The van der Waals surface area contributed by atoms with Crippen molar-refractivity contribution in [2.24, 2.45) is 0 Å². The predicted molar refractivity (Wildman–Crippen MR) is 150 cm³/mol. The summed E-state index contributed by atoms with van der Waals surface area (Å²) in [6.07, 6.45) is 0. The Bertz CT molecular complexity index is 2020.